The number of quaternary nitrogens is 1. The highest BCUT2D eigenvalue weighted by Gasteiger charge is 2.29. The quantitative estimate of drug-likeness (QED) is 0.545. The second-order valence-electron chi connectivity index (χ2n) is 6.12. The second-order valence-corrected chi connectivity index (χ2v) is 8.53. The summed E-state index contributed by atoms with van der Waals surface area (Å²) in [5.41, 5.74) is 2.08. The Morgan fingerprint density at radius 1 is 1.54 bits per heavy atom. The van der Waals surface area contributed by atoms with E-state index in [0.29, 0.717) is 22.7 Å². The Bertz CT molecular complexity index is 882. The van der Waals surface area contributed by atoms with Crippen LogP contribution in [0.1, 0.15) is 33.3 Å². The van der Waals surface area contributed by atoms with Crippen molar-refractivity contribution in [1.29, 1.82) is 0 Å². The summed E-state index contributed by atoms with van der Waals surface area (Å²) in [5, 5.41) is 11.0. The first kappa shape index (κ1) is 19.4. The molecule has 1 aromatic heterocycles. The second kappa shape index (κ2) is 8.08. The van der Waals surface area contributed by atoms with Crippen molar-refractivity contribution in [3.05, 3.63) is 43.2 Å². The smallest absolute Gasteiger partial charge is 0.341 e. The number of esters is 1. The van der Waals surface area contributed by atoms with Gasteiger partial charge in [0.2, 0.25) is 0 Å². The van der Waals surface area contributed by atoms with Gasteiger partial charge < -0.3 is 14.7 Å². The molecule has 2 N–H and O–H groups in total. The normalized spacial score (nSPS) is 16.7. The van der Waals surface area contributed by atoms with Crippen molar-refractivity contribution >= 4 is 56.1 Å². The lowest BCUT2D eigenvalue weighted by Crippen LogP contribution is -3.08. The highest BCUT2D eigenvalue weighted by atomic mass is 79.9. The number of rotatable bonds is 4. The average Bonchev–Trinajstić information content (AvgIpc) is 2.94. The van der Waals surface area contributed by atoms with E-state index in [9.17, 15) is 9.90 Å². The Labute approximate surface area is 169 Å². The maximum Gasteiger partial charge on any atom is 0.341 e. The Balaban J connectivity index is 2.03. The Morgan fingerprint density at radius 2 is 2.31 bits per heavy atom. The van der Waals surface area contributed by atoms with Crippen LogP contribution in [0.3, 0.4) is 0 Å². The first-order chi connectivity index (χ1) is 12.4. The molecular formula is C18H19BrClN2O3S+. The third-order valence-corrected chi connectivity index (χ3v) is 6.08. The van der Waals surface area contributed by atoms with E-state index >= 15 is 0 Å². The molecule has 0 saturated carbocycles. The minimum absolute atomic E-state index is 0.0400. The molecule has 3 rings (SSSR count). The highest BCUT2D eigenvalue weighted by Crippen LogP contribution is 2.38. The molecule has 0 fully saturated rings. The zero-order valence-corrected chi connectivity index (χ0v) is 17.6. The number of nitrogens with one attached hydrogen (secondary N) is 1. The van der Waals surface area contributed by atoms with Gasteiger partial charge in [-0.15, -0.1) is 11.3 Å². The van der Waals surface area contributed by atoms with Gasteiger partial charge in [0.25, 0.3) is 0 Å². The summed E-state index contributed by atoms with van der Waals surface area (Å²) in [6, 6.07) is 3.33. The molecule has 1 unspecified atom stereocenters. The molecule has 2 heterocycles. The lowest BCUT2D eigenvalue weighted by atomic mass is 10.0. The van der Waals surface area contributed by atoms with Gasteiger partial charge in [-0.1, -0.05) is 27.5 Å². The number of nitrogens with zero attached hydrogens (tertiary/aromatic N) is 1. The van der Waals surface area contributed by atoms with Crippen molar-refractivity contribution in [1.82, 2.24) is 0 Å². The number of ether oxygens (including phenoxy) is 1. The molecule has 1 aliphatic heterocycles. The van der Waals surface area contributed by atoms with Crippen LogP contribution >= 0.6 is 38.9 Å². The maximum absolute atomic E-state index is 12.5. The van der Waals surface area contributed by atoms with Crippen molar-refractivity contribution in [3.63, 3.8) is 0 Å². The van der Waals surface area contributed by atoms with Crippen LogP contribution in [0.5, 0.6) is 5.75 Å². The predicted molar refractivity (Wildman–Crippen MR) is 108 cm³/mol. The molecule has 0 spiro atoms. The number of phenols is 1. The molecule has 8 heteroatoms. The molecule has 138 valence electrons. The first-order valence-electron chi connectivity index (χ1n) is 8.25. The van der Waals surface area contributed by atoms with Crippen LogP contribution in [0.25, 0.3) is 0 Å². The monoisotopic (exact) mass is 457 g/mol. The van der Waals surface area contributed by atoms with Crippen molar-refractivity contribution in [2.45, 2.75) is 19.9 Å². The molecule has 26 heavy (non-hydrogen) atoms. The number of carbonyl (C=O) groups is 1. The Hall–Kier alpha value is -1.41. The van der Waals surface area contributed by atoms with Crippen molar-refractivity contribution in [2.24, 2.45) is 4.99 Å². The minimum atomic E-state index is -0.340. The molecule has 0 bridgehead atoms. The molecule has 5 nitrogen and oxygen atoms in total. The van der Waals surface area contributed by atoms with Gasteiger partial charge in [-0.05, 0) is 24.6 Å². The summed E-state index contributed by atoms with van der Waals surface area (Å²) in [6.45, 7) is 3.95. The van der Waals surface area contributed by atoms with Gasteiger partial charge in [0.05, 0.1) is 30.1 Å². The fourth-order valence-corrected chi connectivity index (χ4v) is 5.05. The standard InChI is InChI=1S/C18H18BrClN2O3S/c1-3-25-18(24)15-12-4-5-22(2)9-14(12)26-17(15)21-8-10-6-11(19)7-13(20)16(10)23/h6-8,23H,3-5,9H2,1-2H3/p+1/b21-8+. The van der Waals surface area contributed by atoms with Gasteiger partial charge in [-0.2, -0.15) is 0 Å². The number of hydrogen-bond acceptors (Lipinski definition) is 5. The topological polar surface area (TPSA) is 63.3 Å². The number of aromatic hydroxyl groups is 1. The van der Waals surface area contributed by atoms with E-state index in [2.05, 4.69) is 28.0 Å². The summed E-state index contributed by atoms with van der Waals surface area (Å²) < 4.78 is 5.98. The summed E-state index contributed by atoms with van der Waals surface area (Å²) in [6.07, 6.45) is 2.36. The molecule has 1 atom stereocenters. The number of aliphatic imine (C=N–C) groups is 1. The lowest BCUT2D eigenvalue weighted by Gasteiger charge is -2.19. The number of thiophene rings is 1. The Morgan fingerprint density at radius 3 is 3.04 bits per heavy atom. The first-order valence-corrected chi connectivity index (χ1v) is 10.2. The van der Waals surface area contributed by atoms with E-state index < -0.39 is 0 Å². The Kier molecular flexibility index (Phi) is 6.02. The molecule has 1 aliphatic rings. The number of fused-ring (bicyclic) bond motifs is 1. The number of halogens is 2. The number of carbonyl (C=O) groups excluding carboxylic acids is 1. The van der Waals surface area contributed by atoms with Gasteiger partial charge in [0, 0.05) is 22.7 Å². The number of benzene rings is 1. The molecule has 0 saturated heterocycles. The van der Waals surface area contributed by atoms with Crippen LogP contribution < -0.4 is 4.90 Å². The van der Waals surface area contributed by atoms with Gasteiger partial charge >= 0.3 is 5.97 Å². The fourth-order valence-electron chi connectivity index (χ4n) is 2.92. The van der Waals surface area contributed by atoms with Gasteiger partial charge in [0.1, 0.15) is 22.9 Å². The van der Waals surface area contributed by atoms with E-state index in [1.54, 1.807) is 19.1 Å². The van der Waals surface area contributed by atoms with Crippen LogP contribution in [-0.4, -0.2) is 37.5 Å². The number of hydrogen-bond donors (Lipinski definition) is 2. The predicted octanol–water partition coefficient (Wildman–Crippen LogP) is 3.37. The molecule has 0 amide bonds. The van der Waals surface area contributed by atoms with Crippen molar-refractivity contribution in [3.8, 4) is 5.75 Å². The lowest BCUT2D eigenvalue weighted by molar-refractivity contribution is -0.895. The molecule has 0 radical (unpaired) electrons. The maximum atomic E-state index is 12.5. The van der Waals surface area contributed by atoms with Crippen molar-refractivity contribution < 1.29 is 19.5 Å². The summed E-state index contributed by atoms with van der Waals surface area (Å²) in [4.78, 5) is 19.6. The zero-order chi connectivity index (χ0) is 18.8. The highest BCUT2D eigenvalue weighted by molar-refractivity contribution is 9.10. The number of phenolic OH excluding ortho intramolecular Hbond substituents is 1. The van der Waals surface area contributed by atoms with Crippen LogP contribution in [0, 0.1) is 0 Å². The van der Waals surface area contributed by atoms with Crippen LogP contribution in [0.4, 0.5) is 5.00 Å². The molecule has 1 aromatic carbocycles. The van der Waals surface area contributed by atoms with Crippen LogP contribution in [-0.2, 0) is 17.7 Å². The van der Waals surface area contributed by atoms with Crippen molar-refractivity contribution in [2.75, 3.05) is 20.2 Å². The third-order valence-electron chi connectivity index (χ3n) is 4.19. The van der Waals surface area contributed by atoms with Crippen LogP contribution in [0.15, 0.2) is 21.6 Å². The average molecular weight is 459 g/mol. The summed E-state index contributed by atoms with van der Waals surface area (Å²) >= 11 is 10.9. The van der Waals surface area contributed by atoms with E-state index in [-0.39, 0.29) is 16.7 Å². The van der Waals surface area contributed by atoms with Gasteiger partial charge in [0.15, 0.2) is 0 Å². The summed E-state index contributed by atoms with van der Waals surface area (Å²) in [5.74, 6) is -0.380. The van der Waals surface area contributed by atoms with Crippen LogP contribution in [0.2, 0.25) is 5.02 Å². The fraction of sp³-hybridized carbons (Fsp3) is 0.333. The van der Waals surface area contributed by atoms with E-state index in [1.165, 1.54) is 27.3 Å². The molecule has 2 aromatic rings. The minimum Gasteiger partial charge on any atom is -0.506 e. The SMILES string of the molecule is CCOC(=O)c1c(/N=C/c2cc(Br)cc(Cl)c2O)sc2c1CC[NH+](C)C2. The van der Waals surface area contributed by atoms with E-state index in [0.717, 1.165) is 29.5 Å². The molecule has 0 aliphatic carbocycles. The molecular weight excluding hydrogens is 440 g/mol. The largest absolute Gasteiger partial charge is 0.506 e. The van der Waals surface area contributed by atoms with E-state index in [4.69, 9.17) is 16.3 Å². The zero-order valence-electron chi connectivity index (χ0n) is 14.4. The van der Waals surface area contributed by atoms with Gasteiger partial charge in [-0.3, -0.25) is 0 Å². The number of likely N-dealkylation sites (N-methyl/N-ethyl adjacent to an activating group) is 1. The summed E-state index contributed by atoms with van der Waals surface area (Å²) in [7, 11) is 2.14. The third kappa shape index (κ3) is 3.96. The van der Waals surface area contributed by atoms with Gasteiger partial charge in [-0.25, -0.2) is 9.79 Å². The van der Waals surface area contributed by atoms with E-state index in [1.807, 2.05) is 0 Å².